The van der Waals surface area contributed by atoms with Gasteiger partial charge in [0.05, 0.1) is 26.9 Å². The first-order valence-electron chi connectivity index (χ1n) is 10.7. The van der Waals surface area contributed by atoms with E-state index in [0.717, 1.165) is 11.3 Å². The molecule has 2 aromatic carbocycles. The fourth-order valence-electron chi connectivity index (χ4n) is 3.77. The fourth-order valence-corrected chi connectivity index (χ4v) is 5.02. The standard InChI is InChI=1S/C26H20ClFN2O5S/c1-4-12-34-25(33)22-14(2)29-26-30(23(22)16-8-10-17(11-9-16)35-15(3)31)24(32)21(36-26)13-18-19(27)6-5-7-20(18)28/h4-11,13,23H,1,12H2,2-3H3/b21-13-. The Balaban J connectivity index is 1.92. The molecule has 0 saturated heterocycles. The molecule has 0 amide bonds. The van der Waals surface area contributed by atoms with E-state index in [1.54, 1.807) is 31.2 Å². The molecule has 0 N–H and O–H groups in total. The van der Waals surface area contributed by atoms with Crippen LogP contribution in [0.4, 0.5) is 4.39 Å². The largest absolute Gasteiger partial charge is 0.458 e. The Hall–Kier alpha value is -3.82. The van der Waals surface area contributed by atoms with Crippen molar-refractivity contribution in [3.8, 4) is 5.75 Å². The SMILES string of the molecule is C=CCOC(=O)C1=C(C)N=c2s/c(=C\c3c(F)cccc3Cl)c(=O)n2C1c1ccc(OC(C)=O)cc1. The molecule has 36 heavy (non-hydrogen) atoms. The van der Waals surface area contributed by atoms with Gasteiger partial charge in [0.2, 0.25) is 0 Å². The maximum Gasteiger partial charge on any atom is 0.338 e. The smallest absolute Gasteiger partial charge is 0.338 e. The third-order valence-electron chi connectivity index (χ3n) is 5.31. The Kier molecular flexibility index (Phi) is 7.32. The van der Waals surface area contributed by atoms with Crippen LogP contribution in [0, 0.1) is 5.82 Å². The molecule has 1 aliphatic heterocycles. The molecule has 1 aromatic heterocycles. The number of ether oxygens (including phenoxy) is 2. The number of rotatable bonds is 6. The maximum atomic E-state index is 14.4. The van der Waals surface area contributed by atoms with Crippen LogP contribution < -0.4 is 19.6 Å². The van der Waals surface area contributed by atoms with Crippen molar-refractivity contribution in [3.63, 3.8) is 0 Å². The highest BCUT2D eigenvalue weighted by Crippen LogP contribution is 2.31. The van der Waals surface area contributed by atoms with Crippen LogP contribution >= 0.6 is 22.9 Å². The van der Waals surface area contributed by atoms with Gasteiger partial charge in [-0.3, -0.25) is 14.2 Å². The molecule has 10 heteroatoms. The first-order valence-corrected chi connectivity index (χ1v) is 11.9. The van der Waals surface area contributed by atoms with Crippen LogP contribution in [0.25, 0.3) is 6.08 Å². The van der Waals surface area contributed by atoms with Crippen molar-refractivity contribution in [2.45, 2.75) is 19.9 Å². The van der Waals surface area contributed by atoms with E-state index in [2.05, 4.69) is 11.6 Å². The highest BCUT2D eigenvalue weighted by atomic mass is 35.5. The van der Waals surface area contributed by atoms with Crippen molar-refractivity contribution in [1.29, 1.82) is 0 Å². The van der Waals surface area contributed by atoms with Gasteiger partial charge >= 0.3 is 11.9 Å². The number of nitrogens with zero attached hydrogens (tertiary/aromatic N) is 2. The zero-order valence-corrected chi connectivity index (χ0v) is 20.9. The molecular weight excluding hydrogens is 507 g/mol. The topological polar surface area (TPSA) is 87.0 Å². The summed E-state index contributed by atoms with van der Waals surface area (Å²) in [5.74, 6) is -1.40. The molecule has 7 nitrogen and oxygen atoms in total. The highest BCUT2D eigenvalue weighted by Gasteiger charge is 2.33. The number of esters is 2. The third-order valence-corrected chi connectivity index (χ3v) is 6.62. The second-order valence-corrected chi connectivity index (χ2v) is 9.18. The number of carbonyl (C=O) groups is 2. The van der Waals surface area contributed by atoms with Crippen LogP contribution in [0.15, 0.2) is 76.2 Å². The molecule has 0 fully saturated rings. The summed E-state index contributed by atoms with van der Waals surface area (Å²) >= 11 is 7.21. The number of allylic oxidation sites excluding steroid dienone is 1. The van der Waals surface area contributed by atoms with E-state index >= 15 is 0 Å². The Morgan fingerprint density at radius 1 is 1.25 bits per heavy atom. The number of fused-ring (bicyclic) bond motifs is 1. The minimum absolute atomic E-state index is 0.0239. The van der Waals surface area contributed by atoms with E-state index in [9.17, 15) is 18.8 Å². The lowest BCUT2D eigenvalue weighted by atomic mass is 9.96. The predicted molar refractivity (Wildman–Crippen MR) is 134 cm³/mol. The summed E-state index contributed by atoms with van der Waals surface area (Å²) in [5.41, 5.74) is 0.693. The van der Waals surface area contributed by atoms with Crippen LogP contribution in [0.3, 0.4) is 0 Å². The summed E-state index contributed by atoms with van der Waals surface area (Å²) in [6.45, 7) is 6.47. The molecule has 1 aliphatic rings. The van der Waals surface area contributed by atoms with Crippen molar-refractivity contribution >= 4 is 41.0 Å². The lowest BCUT2D eigenvalue weighted by Crippen LogP contribution is -2.40. The summed E-state index contributed by atoms with van der Waals surface area (Å²) in [7, 11) is 0. The first-order chi connectivity index (χ1) is 17.2. The van der Waals surface area contributed by atoms with Crippen LogP contribution in [-0.2, 0) is 14.3 Å². The summed E-state index contributed by atoms with van der Waals surface area (Å²) in [6.07, 6.45) is 2.81. The van der Waals surface area contributed by atoms with Crippen molar-refractivity contribution in [2.75, 3.05) is 6.61 Å². The van der Waals surface area contributed by atoms with E-state index in [0.29, 0.717) is 21.8 Å². The van der Waals surface area contributed by atoms with E-state index in [1.165, 1.54) is 41.8 Å². The molecule has 2 heterocycles. The molecular formula is C26H20ClFN2O5S. The summed E-state index contributed by atoms with van der Waals surface area (Å²) in [4.78, 5) is 42.7. The molecule has 3 aromatic rings. The third kappa shape index (κ3) is 4.93. The average molecular weight is 527 g/mol. The van der Waals surface area contributed by atoms with E-state index in [4.69, 9.17) is 21.1 Å². The second kappa shape index (κ2) is 10.4. The zero-order valence-electron chi connectivity index (χ0n) is 19.3. The number of carbonyl (C=O) groups excluding carboxylic acids is 2. The second-order valence-electron chi connectivity index (χ2n) is 7.77. The number of hydrogen-bond acceptors (Lipinski definition) is 7. The molecule has 184 valence electrons. The number of halogens is 2. The molecule has 0 bridgehead atoms. The average Bonchev–Trinajstić information content (AvgIpc) is 3.13. The van der Waals surface area contributed by atoms with E-state index in [1.807, 2.05) is 0 Å². The van der Waals surface area contributed by atoms with Crippen LogP contribution in [-0.4, -0.2) is 23.1 Å². The van der Waals surface area contributed by atoms with Crippen molar-refractivity contribution < 1.29 is 23.5 Å². The van der Waals surface area contributed by atoms with Gasteiger partial charge in [-0.1, -0.05) is 53.8 Å². The minimum Gasteiger partial charge on any atom is -0.458 e. The number of thiazole rings is 1. The van der Waals surface area contributed by atoms with Gasteiger partial charge in [0.15, 0.2) is 4.80 Å². The van der Waals surface area contributed by atoms with Gasteiger partial charge in [0.25, 0.3) is 5.56 Å². The molecule has 0 aliphatic carbocycles. The predicted octanol–water partition coefficient (Wildman–Crippen LogP) is 3.68. The molecule has 0 radical (unpaired) electrons. The number of hydrogen-bond donors (Lipinski definition) is 0. The number of aromatic nitrogens is 1. The van der Waals surface area contributed by atoms with Gasteiger partial charge in [-0.25, -0.2) is 14.2 Å². The molecule has 0 saturated carbocycles. The van der Waals surface area contributed by atoms with Crippen LogP contribution in [0.5, 0.6) is 5.75 Å². The summed E-state index contributed by atoms with van der Waals surface area (Å²) in [6, 6.07) is 9.78. The Bertz CT molecular complexity index is 1570. The maximum absolute atomic E-state index is 14.4. The fraction of sp³-hybridized carbons (Fsp3) is 0.154. The summed E-state index contributed by atoms with van der Waals surface area (Å²) < 4.78 is 26.4. The van der Waals surface area contributed by atoms with Crippen molar-refractivity contribution in [3.05, 3.63) is 108 Å². The minimum atomic E-state index is -0.886. The first kappa shape index (κ1) is 25.3. The Morgan fingerprint density at radius 3 is 2.61 bits per heavy atom. The zero-order chi connectivity index (χ0) is 26.0. The van der Waals surface area contributed by atoms with Gasteiger partial charge in [0, 0.05) is 12.5 Å². The molecule has 1 atom stereocenters. The van der Waals surface area contributed by atoms with E-state index < -0.39 is 29.4 Å². The van der Waals surface area contributed by atoms with Gasteiger partial charge in [-0.05, 0) is 42.8 Å². The van der Waals surface area contributed by atoms with Crippen molar-refractivity contribution in [2.24, 2.45) is 4.99 Å². The Morgan fingerprint density at radius 2 is 1.97 bits per heavy atom. The lowest BCUT2D eigenvalue weighted by Gasteiger charge is -2.24. The number of benzene rings is 2. The van der Waals surface area contributed by atoms with Gasteiger partial charge < -0.3 is 9.47 Å². The normalized spacial score (nSPS) is 15.2. The van der Waals surface area contributed by atoms with Gasteiger partial charge in [-0.2, -0.15) is 0 Å². The van der Waals surface area contributed by atoms with Gasteiger partial charge in [-0.15, -0.1) is 0 Å². The molecule has 1 unspecified atom stereocenters. The monoisotopic (exact) mass is 526 g/mol. The quantitative estimate of drug-likeness (QED) is 0.278. The van der Waals surface area contributed by atoms with Crippen LogP contribution in [0.2, 0.25) is 5.02 Å². The van der Waals surface area contributed by atoms with Crippen LogP contribution in [0.1, 0.15) is 31.0 Å². The van der Waals surface area contributed by atoms with Gasteiger partial charge in [0.1, 0.15) is 18.2 Å². The Labute approximate surface area is 214 Å². The molecule has 0 spiro atoms. The summed E-state index contributed by atoms with van der Waals surface area (Å²) in [5, 5.41) is 0.156. The van der Waals surface area contributed by atoms with Crippen molar-refractivity contribution in [1.82, 2.24) is 4.57 Å². The lowest BCUT2D eigenvalue weighted by molar-refractivity contribution is -0.138. The van der Waals surface area contributed by atoms with E-state index in [-0.39, 0.29) is 27.3 Å². The molecule has 4 rings (SSSR count). The highest BCUT2D eigenvalue weighted by molar-refractivity contribution is 7.07.